The quantitative estimate of drug-likeness (QED) is 0.194. The summed E-state index contributed by atoms with van der Waals surface area (Å²) in [5, 5.41) is 12.5. The predicted octanol–water partition coefficient (Wildman–Crippen LogP) is 7.94. The maximum Gasteiger partial charge on any atom is 0.136 e. The monoisotopic (exact) mass is 590 g/mol. The van der Waals surface area contributed by atoms with Crippen LogP contribution in [0.15, 0.2) is 27.1 Å². The molecule has 11 heteroatoms. The minimum atomic E-state index is 0.480. The molecule has 0 amide bonds. The molecule has 2 aromatic heterocycles. The highest BCUT2D eigenvalue weighted by Crippen LogP contribution is 2.39. The maximum atomic E-state index is 6.07. The first-order valence-corrected chi connectivity index (χ1v) is 10.7. The summed E-state index contributed by atoms with van der Waals surface area (Å²) in [7, 11) is 3.52. The third-order valence-electron chi connectivity index (χ3n) is 3.71. The Labute approximate surface area is 196 Å². The number of nitrogens with zero attached hydrogens (tertiary/aromatic N) is 4. The van der Waals surface area contributed by atoms with Gasteiger partial charge in [-0.05, 0) is 50.1 Å². The van der Waals surface area contributed by atoms with Crippen LogP contribution < -0.4 is 0 Å². The Morgan fingerprint density at radius 1 is 0.778 bits per heavy atom. The summed E-state index contributed by atoms with van der Waals surface area (Å²) in [6.45, 7) is 0. The number of halogens is 7. The number of benzene rings is 2. The number of hydrogen-bond donors (Lipinski definition) is 0. The predicted molar refractivity (Wildman–Crippen MR) is 122 cm³/mol. The summed E-state index contributed by atoms with van der Waals surface area (Å²) in [5.41, 5.74) is 1.42. The van der Waals surface area contributed by atoms with Gasteiger partial charge in [-0.1, -0.05) is 58.0 Å². The Hall–Kier alpha value is -0.210. The van der Waals surface area contributed by atoms with Gasteiger partial charge >= 0.3 is 0 Å². The Morgan fingerprint density at radius 3 is 2.00 bits per heavy atom. The molecule has 0 aliphatic rings. The van der Waals surface area contributed by atoms with Gasteiger partial charge in [0.25, 0.3) is 0 Å². The van der Waals surface area contributed by atoms with Gasteiger partial charge in [0.2, 0.25) is 0 Å². The topological polar surface area (TPSA) is 35.6 Å². The Kier molecular flexibility index (Phi) is 6.58. The third-order valence-corrected chi connectivity index (χ3v) is 7.39. The van der Waals surface area contributed by atoms with Crippen molar-refractivity contribution >= 4 is 112 Å². The number of aromatic nitrogens is 4. The summed E-state index contributed by atoms with van der Waals surface area (Å²) in [6.07, 6.45) is 0. The van der Waals surface area contributed by atoms with E-state index >= 15 is 0 Å². The minimum absolute atomic E-state index is 0.480. The highest BCUT2D eigenvalue weighted by Gasteiger charge is 2.16. The number of hydrogen-bond acceptors (Lipinski definition) is 2. The number of aryl methyl sites for hydroxylation is 2. The molecular weight excluding hydrogens is 585 g/mol. The first-order chi connectivity index (χ1) is 12.6. The van der Waals surface area contributed by atoms with Crippen LogP contribution in [0.1, 0.15) is 0 Å². The van der Waals surface area contributed by atoms with Gasteiger partial charge in [-0.25, -0.2) is 0 Å². The van der Waals surface area contributed by atoms with E-state index in [0.29, 0.717) is 40.7 Å². The van der Waals surface area contributed by atoms with E-state index in [0.717, 1.165) is 15.4 Å². The fourth-order valence-corrected chi connectivity index (χ4v) is 4.58. The normalized spacial score (nSPS) is 11.1. The molecule has 0 saturated heterocycles. The van der Waals surface area contributed by atoms with E-state index in [9.17, 15) is 0 Å². The number of fused-ring (bicyclic) bond motifs is 2. The van der Waals surface area contributed by atoms with Crippen molar-refractivity contribution in [1.29, 1.82) is 0 Å². The van der Waals surface area contributed by atoms with Crippen molar-refractivity contribution in [2.45, 2.75) is 0 Å². The molecule has 27 heavy (non-hydrogen) atoms. The Balaban J connectivity index is 0.000000156. The van der Waals surface area contributed by atoms with Gasteiger partial charge in [0.05, 0.1) is 31.4 Å². The van der Waals surface area contributed by atoms with E-state index < -0.39 is 0 Å². The van der Waals surface area contributed by atoms with Crippen LogP contribution in [0.4, 0.5) is 0 Å². The van der Waals surface area contributed by atoms with Gasteiger partial charge in [-0.3, -0.25) is 9.36 Å². The van der Waals surface area contributed by atoms with Crippen molar-refractivity contribution in [1.82, 2.24) is 19.6 Å². The zero-order valence-electron chi connectivity index (χ0n) is 13.7. The molecule has 4 aromatic rings. The standard InChI is InChI=1S/C8H4BrCl3N2.C8H5BrCl2N2/c1-14-8(12)5-6(11)3(9)2-4(10)7(5)13-14;1-13-8(11)6-5(12-13)3-2-4(9)7(6)10/h2H,1H3;2-3H,1H3. The lowest BCUT2D eigenvalue weighted by Gasteiger charge is -1.99. The summed E-state index contributed by atoms with van der Waals surface area (Å²) in [6, 6.07) is 5.43. The molecule has 2 aromatic carbocycles. The van der Waals surface area contributed by atoms with Crippen molar-refractivity contribution in [3.05, 3.63) is 52.5 Å². The van der Waals surface area contributed by atoms with E-state index in [-0.39, 0.29) is 0 Å². The second kappa shape index (κ2) is 8.27. The molecule has 0 bridgehead atoms. The van der Waals surface area contributed by atoms with Crippen LogP contribution in [0.2, 0.25) is 25.4 Å². The van der Waals surface area contributed by atoms with E-state index in [2.05, 4.69) is 42.1 Å². The van der Waals surface area contributed by atoms with E-state index in [1.807, 2.05) is 12.1 Å². The molecule has 0 spiro atoms. The van der Waals surface area contributed by atoms with Crippen LogP contribution in [0.25, 0.3) is 21.8 Å². The van der Waals surface area contributed by atoms with Crippen LogP contribution in [-0.4, -0.2) is 19.6 Å². The molecule has 0 aliphatic heterocycles. The van der Waals surface area contributed by atoms with Crippen molar-refractivity contribution < 1.29 is 0 Å². The van der Waals surface area contributed by atoms with Gasteiger partial charge in [-0.2, -0.15) is 10.2 Å². The van der Waals surface area contributed by atoms with Crippen LogP contribution in [-0.2, 0) is 14.1 Å². The first kappa shape index (κ1) is 21.5. The summed E-state index contributed by atoms with van der Waals surface area (Å²) < 4.78 is 4.68. The summed E-state index contributed by atoms with van der Waals surface area (Å²) in [5.74, 6) is 0. The molecule has 4 rings (SSSR count). The lowest BCUT2D eigenvalue weighted by atomic mass is 10.2. The largest absolute Gasteiger partial charge is 0.256 e. The average molecular weight is 594 g/mol. The molecule has 0 fully saturated rings. The molecule has 0 saturated carbocycles. The molecule has 2 heterocycles. The van der Waals surface area contributed by atoms with Crippen molar-refractivity contribution in [3.63, 3.8) is 0 Å². The van der Waals surface area contributed by atoms with Crippen molar-refractivity contribution in [2.24, 2.45) is 14.1 Å². The van der Waals surface area contributed by atoms with Gasteiger partial charge < -0.3 is 0 Å². The number of rotatable bonds is 0. The van der Waals surface area contributed by atoms with Gasteiger partial charge in [0.15, 0.2) is 0 Å². The molecule has 142 valence electrons. The minimum Gasteiger partial charge on any atom is -0.256 e. The van der Waals surface area contributed by atoms with Gasteiger partial charge in [0, 0.05) is 23.0 Å². The Bertz CT molecular complexity index is 1190. The first-order valence-electron chi connectivity index (χ1n) is 7.25. The SMILES string of the molecule is Cn1nc2c(Cl)cc(Br)c(Cl)c2c1Cl.Cn1nc2ccc(Br)c(Cl)c2c1Cl. The van der Waals surface area contributed by atoms with Crippen LogP contribution in [0.5, 0.6) is 0 Å². The molecule has 0 N–H and O–H groups in total. The molecule has 0 aliphatic carbocycles. The van der Waals surface area contributed by atoms with Gasteiger partial charge in [-0.15, -0.1) is 0 Å². The van der Waals surface area contributed by atoms with Crippen molar-refractivity contribution in [2.75, 3.05) is 0 Å². The third kappa shape index (κ3) is 3.95. The zero-order chi connectivity index (χ0) is 20.0. The van der Waals surface area contributed by atoms with Crippen LogP contribution in [0, 0.1) is 0 Å². The summed E-state index contributed by atoms with van der Waals surface area (Å²) in [4.78, 5) is 0. The van der Waals surface area contributed by atoms with Crippen LogP contribution in [0.3, 0.4) is 0 Å². The second-order valence-corrected chi connectivity index (χ2v) is 9.05. The Morgan fingerprint density at radius 2 is 1.33 bits per heavy atom. The molecular formula is C16H9Br2Cl5N4. The molecule has 4 nitrogen and oxygen atoms in total. The lowest BCUT2D eigenvalue weighted by Crippen LogP contribution is -1.87. The highest BCUT2D eigenvalue weighted by molar-refractivity contribution is 9.10. The maximum absolute atomic E-state index is 6.07. The van der Waals surface area contributed by atoms with E-state index in [1.54, 1.807) is 24.8 Å². The van der Waals surface area contributed by atoms with Gasteiger partial charge in [0.1, 0.15) is 15.8 Å². The molecule has 0 atom stereocenters. The smallest absolute Gasteiger partial charge is 0.136 e. The van der Waals surface area contributed by atoms with E-state index in [4.69, 9.17) is 58.0 Å². The fraction of sp³-hybridized carbons (Fsp3) is 0.125. The van der Waals surface area contributed by atoms with Crippen molar-refractivity contribution in [3.8, 4) is 0 Å². The van der Waals surface area contributed by atoms with E-state index in [1.165, 1.54) is 4.68 Å². The average Bonchev–Trinajstić information content (AvgIpc) is 3.08. The molecule has 0 radical (unpaired) electrons. The fourth-order valence-electron chi connectivity index (χ4n) is 2.41. The zero-order valence-corrected chi connectivity index (χ0v) is 20.6. The highest BCUT2D eigenvalue weighted by atomic mass is 79.9. The summed E-state index contributed by atoms with van der Waals surface area (Å²) >= 11 is 36.8. The molecule has 0 unspecified atom stereocenters. The lowest BCUT2D eigenvalue weighted by molar-refractivity contribution is 0.780. The van der Waals surface area contributed by atoms with Crippen LogP contribution >= 0.6 is 89.9 Å². The second-order valence-electron chi connectivity index (χ2n) is 5.46.